The van der Waals surface area contributed by atoms with Crippen molar-refractivity contribution in [1.29, 1.82) is 0 Å². The van der Waals surface area contributed by atoms with Gasteiger partial charge in [0.1, 0.15) is 5.82 Å². The second-order valence-corrected chi connectivity index (χ2v) is 6.23. The quantitative estimate of drug-likeness (QED) is 0.490. The van der Waals surface area contributed by atoms with Gasteiger partial charge >= 0.3 is 5.69 Å². The van der Waals surface area contributed by atoms with Crippen LogP contribution in [0.3, 0.4) is 0 Å². The number of aromatic nitrogens is 3. The highest BCUT2D eigenvalue weighted by Gasteiger charge is 2.16. The van der Waals surface area contributed by atoms with E-state index in [1.54, 1.807) is 10.6 Å². The molecule has 0 saturated heterocycles. The molecule has 0 bridgehead atoms. The highest BCUT2D eigenvalue weighted by Crippen LogP contribution is 2.17. The van der Waals surface area contributed by atoms with Crippen LogP contribution in [0.1, 0.15) is 39.6 Å². The maximum atomic E-state index is 12.3. The van der Waals surface area contributed by atoms with Crippen molar-refractivity contribution >= 4 is 17.2 Å². The topological polar surface area (TPSA) is 94.9 Å². The molecule has 0 atom stereocenters. The number of carbonyl (C=O) groups excluding carboxylic acids is 1. The summed E-state index contributed by atoms with van der Waals surface area (Å²) in [4.78, 5) is 25.2. The van der Waals surface area contributed by atoms with E-state index in [9.17, 15) is 9.59 Å². The molecule has 0 spiro atoms. The van der Waals surface area contributed by atoms with Crippen LogP contribution in [0.25, 0.3) is 0 Å². The summed E-state index contributed by atoms with van der Waals surface area (Å²) in [7, 11) is 0. The van der Waals surface area contributed by atoms with Gasteiger partial charge < -0.3 is 0 Å². The Kier molecular flexibility index (Phi) is 3.89. The van der Waals surface area contributed by atoms with E-state index in [2.05, 4.69) is 10.5 Å². The van der Waals surface area contributed by atoms with Crippen molar-refractivity contribution in [2.24, 2.45) is 5.84 Å². The molecule has 21 heavy (non-hydrogen) atoms. The van der Waals surface area contributed by atoms with E-state index in [1.807, 2.05) is 6.07 Å². The lowest BCUT2D eigenvalue weighted by Crippen LogP contribution is -2.29. The van der Waals surface area contributed by atoms with Crippen molar-refractivity contribution in [2.45, 2.75) is 38.8 Å². The number of hydrazine groups is 1. The third-order valence-electron chi connectivity index (χ3n) is 3.60. The number of amides is 1. The molecule has 8 heteroatoms. The molecule has 7 nitrogen and oxygen atoms in total. The normalized spacial score (nSPS) is 14.5. The zero-order valence-electron chi connectivity index (χ0n) is 11.5. The molecule has 0 aliphatic carbocycles. The number of nitrogens with zero attached hydrogens (tertiary/aromatic N) is 3. The first kappa shape index (κ1) is 14.0. The zero-order valence-corrected chi connectivity index (χ0v) is 12.4. The summed E-state index contributed by atoms with van der Waals surface area (Å²) in [6.45, 7) is 1.14. The summed E-state index contributed by atoms with van der Waals surface area (Å²) in [5.41, 5.74) is 2.04. The average Bonchev–Trinajstić information content (AvgIpc) is 2.97. The van der Waals surface area contributed by atoms with Gasteiger partial charge in [0.25, 0.3) is 5.91 Å². The molecule has 2 aromatic heterocycles. The van der Waals surface area contributed by atoms with E-state index in [4.69, 9.17) is 5.84 Å². The van der Waals surface area contributed by atoms with Gasteiger partial charge in [0, 0.05) is 17.8 Å². The molecule has 3 rings (SSSR count). The second-order valence-electron chi connectivity index (χ2n) is 5.06. The first-order chi connectivity index (χ1) is 10.2. The molecule has 3 N–H and O–H groups in total. The summed E-state index contributed by atoms with van der Waals surface area (Å²) in [6.07, 6.45) is 4.10. The Morgan fingerprint density at radius 1 is 1.38 bits per heavy atom. The van der Waals surface area contributed by atoms with E-state index < -0.39 is 0 Å². The third kappa shape index (κ3) is 2.77. The van der Waals surface area contributed by atoms with Crippen LogP contribution in [0.5, 0.6) is 0 Å². The van der Waals surface area contributed by atoms with E-state index in [0.717, 1.165) is 42.9 Å². The molecule has 2 aromatic rings. The summed E-state index contributed by atoms with van der Waals surface area (Å²) >= 11 is 1.32. The number of hydrogen-bond acceptors (Lipinski definition) is 5. The van der Waals surface area contributed by atoms with Crippen LogP contribution in [0.4, 0.5) is 0 Å². The lowest BCUT2D eigenvalue weighted by atomic mass is 10.2. The van der Waals surface area contributed by atoms with Gasteiger partial charge in [-0.1, -0.05) is 6.42 Å². The summed E-state index contributed by atoms with van der Waals surface area (Å²) in [5, 5.41) is 4.43. The van der Waals surface area contributed by atoms with Gasteiger partial charge in [-0.25, -0.2) is 15.3 Å². The molecule has 0 unspecified atom stereocenters. The van der Waals surface area contributed by atoms with Gasteiger partial charge in [-0.2, -0.15) is 5.10 Å². The average molecular weight is 307 g/mol. The highest BCUT2D eigenvalue weighted by molar-refractivity contribution is 7.14. The van der Waals surface area contributed by atoms with Crippen LogP contribution in [-0.4, -0.2) is 20.3 Å². The SMILES string of the molecule is NNC(=O)c1ccc(Cn2nc3n(c2=O)CCCCC3)s1. The van der Waals surface area contributed by atoms with Crippen molar-refractivity contribution in [2.75, 3.05) is 0 Å². The van der Waals surface area contributed by atoms with Crippen LogP contribution in [0.2, 0.25) is 0 Å². The Balaban J connectivity index is 1.84. The lowest BCUT2D eigenvalue weighted by molar-refractivity contribution is 0.0957. The Bertz CT molecular complexity index is 714. The largest absolute Gasteiger partial charge is 0.346 e. The van der Waals surface area contributed by atoms with Crippen molar-refractivity contribution in [1.82, 2.24) is 19.8 Å². The minimum absolute atomic E-state index is 0.0647. The minimum Gasteiger partial charge on any atom is -0.289 e. The molecule has 112 valence electrons. The fourth-order valence-electron chi connectivity index (χ4n) is 2.53. The van der Waals surface area contributed by atoms with Crippen molar-refractivity contribution in [3.63, 3.8) is 0 Å². The van der Waals surface area contributed by atoms with Crippen LogP contribution >= 0.6 is 11.3 Å². The molecule has 0 saturated carbocycles. The zero-order chi connectivity index (χ0) is 14.8. The Labute approximate surface area is 125 Å². The number of thiophene rings is 1. The first-order valence-electron chi connectivity index (χ1n) is 6.95. The molecule has 1 amide bonds. The van der Waals surface area contributed by atoms with Crippen LogP contribution in [0.15, 0.2) is 16.9 Å². The predicted octanol–water partition coefficient (Wildman–Crippen LogP) is 0.484. The van der Waals surface area contributed by atoms with Crippen LogP contribution in [0, 0.1) is 0 Å². The highest BCUT2D eigenvalue weighted by atomic mass is 32.1. The Morgan fingerprint density at radius 2 is 2.24 bits per heavy atom. The number of nitrogens with two attached hydrogens (primary N) is 1. The maximum Gasteiger partial charge on any atom is 0.346 e. The number of carbonyl (C=O) groups is 1. The molecule has 0 aromatic carbocycles. The Morgan fingerprint density at radius 3 is 3.05 bits per heavy atom. The van der Waals surface area contributed by atoms with Gasteiger partial charge in [0.15, 0.2) is 0 Å². The smallest absolute Gasteiger partial charge is 0.289 e. The summed E-state index contributed by atoms with van der Waals surface area (Å²) in [5.74, 6) is 5.66. The number of fused-ring (bicyclic) bond motifs is 1. The van der Waals surface area contributed by atoms with E-state index in [0.29, 0.717) is 11.4 Å². The standard InChI is InChI=1S/C13H17N5O2S/c14-15-12(19)10-6-5-9(21-10)8-18-13(20)17-7-3-1-2-4-11(17)16-18/h5-6H,1-4,7-8,14H2,(H,15,19). The number of nitrogens with one attached hydrogen (secondary N) is 1. The van der Waals surface area contributed by atoms with Crippen molar-refractivity contribution < 1.29 is 4.79 Å². The fraction of sp³-hybridized carbons (Fsp3) is 0.462. The molecular weight excluding hydrogens is 290 g/mol. The molecule has 0 radical (unpaired) electrons. The predicted molar refractivity (Wildman–Crippen MR) is 79.1 cm³/mol. The molecule has 1 aliphatic heterocycles. The van der Waals surface area contributed by atoms with Gasteiger partial charge in [-0.05, 0) is 25.0 Å². The van der Waals surface area contributed by atoms with E-state index >= 15 is 0 Å². The number of rotatable bonds is 3. The Hall–Kier alpha value is -1.93. The van der Waals surface area contributed by atoms with E-state index in [-0.39, 0.29) is 11.6 Å². The van der Waals surface area contributed by atoms with Gasteiger partial charge in [0.05, 0.1) is 11.4 Å². The number of nitrogen functional groups attached to an aromatic ring is 1. The van der Waals surface area contributed by atoms with Gasteiger partial charge in [0.2, 0.25) is 0 Å². The molecule has 3 heterocycles. The minimum atomic E-state index is -0.320. The summed E-state index contributed by atoms with van der Waals surface area (Å²) in [6, 6.07) is 3.53. The monoisotopic (exact) mass is 307 g/mol. The molecule has 1 aliphatic rings. The van der Waals surface area contributed by atoms with Crippen LogP contribution < -0.4 is 17.0 Å². The molecule has 0 fully saturated rings. The second kappa shape index (κ2) is 5.82. The lowest BCUT2D eigenvalue weighted by Gasteiger charge is -1.98. The van der Waals surface area contributed by atoms with Gasteiger partial charge in [-0.3, -0.25) is 14.8 Å². The summed E-state index contributed by atoms with van der Waals surface area (Å²) < 4.78 is 3.25. The van der Waals surface area contributed by atoms with E-state index in [1.165, 1.54) is 16.0 Å². The van der Waals surface area contributed by atoms with Crippen molar-refractivity contribution in [3.8, 4) is 0 Å². The molecular formula is C13H17N5O2S. The van der Waals surface area contributed by atoms with Crippen molar-refractivity contribution in [3.05, 3.63) is 38.2 Å². The first-order valence-corrected chi connectivity index (χ1v) is 7.77. The number of hydrogen-bond donors (Lipinski definition) is 2. The number of aryl methyl sites for hydroxylation is 1. The fourth-order valence-corrected chi connectivity index (χ4v) is 3.43. The van der Waals surface area contributed by atoms with Gasteiger partial charge in [-0.15, -0.1) is 11.3 Å². The maximum absolute atomic E-state index is 12.3. The third-order valence-corrected chi connectivity index (χ3v) is 4.67. The van der Waals surface area contributed by atoms with Crippen LogP contribution in [-0.2, 0) is 19.5 Å².